The van der Waals surface area contributed by atoms with Crippen molar-refractivity contribution < 1.29 is 4.42 Å². The van der Waals surface area contributed by atoms with E-state index in [9.17, 15) is 0 Å². The van der Waals surface area contributed by atoms with E-state index in [-0.39, 0.29) is 6.04 Å². The summed E-state index contributed by atoms with van der Waals surface area (Å²) in [6, 6.07) is 12.2. The highest BCUT2D eigenvalue weighted by molar-refractivity contribution is 5.81. The molecule has 1 unspecified atom stereocenters. The molecule has 2 aromatic heterocycles. The standard InChI is InChI=1S/C16H17N3O/c1-11-8-13(10-20-11)16(19-17)9-12-6-7-18-15-5-3-2-4-14(12)15/h2-8,10,16,19H,9,17H2,1H3. The first-order chi connectivity index (χ1) is 9.78. The number of nitrogens with one attached hydrogen (secondary N) is 1. The number of furan rings is 1. The number of hydrogen-bond acceptors (Lipinski definition) is 4. The third-order valence-electron chi connectivity index (χ3n) is 3.52. The van der Waals surface area contributed by atoms with Crippen LogP contribution in [-0.4, -0.2) is 4.98 Å². The second-order valence-electron chi connectivity index (χ2n) is 4.90. The maximum Gasteiger partial charge on any atom is 0.101 e. The Balaban J connectivity index is 1.95. The van der Waals surface area contributed by atoms with Crippen LogP contribution in [0.5, 0.6) is 0 Å². The number of hydrogen-bond donors (Lipinski definition) is 2. The number of fused-ring (bicyclic) bond motifs is 1. The number of aromatic nitrogens is 1. The summed E-state index contributed by atoms with van der Waals surface area (Å²) in [6.07, 6.45) is 4.38. The largest absolute Gasteiger partial charge is 0.469 e. The van der Waals surface area contributed by atoms with Gasteiger partial charge in [-0.15, -0.1) is 0 Å². The van der Waals surface area contributed by atoms with E-state index < -0.39 is 0 Å². The fourth-order valence-electron chi connectivity index (χ4n) is 2.47. The van der Waals surface area contributed by atoms with Crippen LogP contribution < -0.4 is 11.3 Å². The quantitative estimate of drug-likeness (QED) is 0.563. The summed E-state index contributed by atoms with van der Waals surface area (Å²) in [5.74, 6) is 6.59. The molecule has 3 aromatic rings. The van der Waals surface area contributed by atoms with Crippen LogP contribution in [0.15, 0.2) is 53.3 Å². The predicted molar refractivity (Wildman–Crippen MR) is 79.0 cm³/mol. The number of nitrogens with zero attached hydrogens (tertiary/aromatic N) is 1. The van der Waals surface area contributed by atoms with E-state index >= 15 is 0 Å². The van der Waals surface area contributed by atoms with E-state index in [0.717, 1.165) is 28.6 Å². The van der Waals surface area contributed by atoms with E-state index in [1.54, 1.807) is 6.26 Å². The molecule has 0 saturated heterocycles. The Hall–Kier alpha value is -2.17. The first kappa shape index (κ1) is 12.8. The maximum absolute atomic E-state index is 5.70. The van der Waals surface area contributed by atoms with Gasteiger partial charge in [-0.05, 0) is 37.1 Å². The van der Waals surface area contributed by atoms with E-state index in [1.165, 1.54) is 5.56 Å². The lowest BCUT2D eigenvalue weighted by Crippen LogP contribution is -2.29. The molecule has 0 amide bonds. The SMILES string of the molecule is Cc1cc(C(Cc2ccnc3ccccc23)NN)co1. The number of rotatable bonds is 4. The van der Waals surface area contributed by atoms with Gasteiger partial charge in [-0.25, -0.2) is 0 Å². The van der Waals surface area contributed by atoms with Gasteiger partial charge in [-0.1, -0.05) is 18.2 Å². The predicted octanol–water partition coefficient (Wildman–Crippen LogP) is 2.88. The fraction of sp³-hybridized carbons (Fsp3) is 0.188. The van der Waals surface area contributed by atoms with Gasteiger partial charge in [-0.3, -0.25) is 16.3 Å². The van der Waals surface area contributed by atoms with Gasteiger partial charge in [0, 0.05) is 17.1 Å². The van der Waals surface area contributed by atoms with Gasteiger partial charge in [0.1, 0.15) is 5.76 Å². The van der Waals surface area contributed by atoms with Crippen LogP contribution in [0, 0.1) is 6.92 Å². The van der Waals surface area contributed by atoms with Gasteiger partial charge >= 0.3 is 0 Å². The molecule has 102 valence electrons. The zero-order chi connectivity index (χ0) is 13.9. The Labute approximate surface area is 117 Å². The molecule has 4 nitrogen and oxygen atoms in total. The van der Waals surface area contributed by atoms with Gasteiger partial charge in [0.2, 0.25) is 0 Å². The molecule has 3 rings (SSSR count). The number of aryl methyl sites for hydroxylation is 1. The Morgan fingerprint density at radius 1 is 1.30 bits per heavy atom. The molecule has 0 saturated carbocycles. The monoisotopic (exact) mass is 267 g/mol. The number of pyridine rings is 1. The average Bonchev–Trinajstić information content (AvgIpc) is 2.91. The lowest BCUT2D eigenvalue weighted by molar-refractivity contribution is 0.512. The summed E-state index contributed by atoms with van der Waals surface area (Å²) in [7, 11) is 0. The number of nitrogens with two attached hydrogens (primary N) is 1. The summed E-state index contributed by atoms with van der Waals surface area (Å²) in [4.78, 5) is 4.38. The van der Waals surface area contributed by atoms with Gasteiger partial charge in [0.05, 0.1) is 17.8 Å². The van der Waals surface area contributed by atoms with Gasteiger partial charge in [0.15, 0.2) is 0 Å². The van der Waals surface area contributed by atoms with E-state index in [4.69, 9.17) is 10.3 Å². The van der Waals surface area contributed by atoms with Crippen LogP contribution in [0.1, 0.15) is 22.9 Å². The number of para-hydroxylation sites is 1. The highest BCUT2D eigenvalue weighted by Gasteiger charge is 2.14. The molecule has 0 radical (unpaired) electrons. The maximum atomic E-state index is 5.70. The van der Waals surface area contributed by atoms with Crippen molar-refractivity contribution in [1.29, 1.82) is 0 Å². The van der Waals surface area contributed by atoms with Crippen molar-refractivity contribution in [3.8, 4) is 0 Å². The Bertz CT molecular complexity index is 715. The molecule has 0 aliphatic rings. The van der Waals surface area contributed by atoms with Crippen LogP contribution >= 0.6 is 0 Å². The molecule has 20 heavy (non-hydrogen) atoms. The first-order valence-electron chi connectivity index (χ1n) is 6.61. The summed E-state index contributed by atoms with van der Waals surface area (Å²) >= 11 is 0. The smallest absolute Gasteiger partial charge is 0.101 e. The highest BCUT2D eigenvalue weighted by atomic mass is 16.3. The van der Waals surface area contributed by atoms with Crippen LogP contribution in [0.3, 0.4) is 0 Å². The van der Waals surface area contributed by atoms with Crippen molar-refractivity contribution in [3.05, 3.63) is 65.7 Å². The topological polar surface area (TPSA) is 64.1 Å². The number of hydrazine groups is 1. The molecule has 0 aliphatic carbocycles. The van der Waals surface area contributed by atoms with E-state index in [1.807, 2.05) is 43.5 Å². The van der Waals surface area contributed by atoms with E-state index in [2.05, 4.69) is 16.5 Å². The van der Waals surface area contributed by atoms with Crippen molar-refractivity contribution in [3.63, 3.8) is 0 Å². The van der Waals surface area contributed by atoms with Crippen LogP contribution in [0.2, 0.25) is 0 Å². The van der Waals surface area contributed by atoms with Crippen LogP contribution in [0.4, 0.5) is 0 Å². The zero-order valence-corrected chi connectivity index (χ0v) is 11.3. The normalized spacial score (nSPS) is 12.7. The number of benzene rings is 1. The molecular formula is C16H17N3O. The zero-order valence-electron chi connectivity index (χ0n) is 11.3. The second kappa shape index (κ2) is 5.45. The molecule has 1 aromatic carbocycles. The van der Waals surface area contributed by atoms with Crippen molar-refractivity contribution in [2.24, 2.45) is 5.84 Å². The van der Waals surface area contributed by atoms with Crippen molar-refractivity contribution in [2.75, 3.05) is 0 Å². The third kappa shape index (κ3) is 2.43. The van der Waals surface area contributed by atoms with Gasteiger partial charge in [-0.2, -0.15) is 0 Å². The first-order valence-corrected chi connectivity index (χ1v) is 6.61. The molecule has 2 heterocycles. The Kier molecular flexibility index (Phi) is 3.50. The lowest BCUT2D eigenvalue weighted by Gasteiger charge is -2.15. The van der Waals surface area contributed by atoms with Crippen LogP contribution in [0.25, 0.3) is 10.9 Å². The fourth-order valence-corrected chi connectivity index (χ4v) is 2.47. The minimum absolute atomic E-state index is 0.0262. The molecule has 0 fully saturated rings. The summed E-state index contributed by atoms with van der Waals surface area (Å²) in [5, 5.41) is 1.16. The van der Waals surface area contributed by atoms with Gasteiger partial charge in [0.25, 0.3) is 0 Å². The molecule has 0 aliphatic heterocycles. The minimum atomic E-state index is 0.0262. The van der Waals surface area contributed by atoms with Gasteiger partial charge < -0.3 is 4.42 Å². The molecule has 4 heteroatoms. The Morgan fingerprint density at radius 3 is 2.90 bits per heavy atom. The molecule has 0 spiro atoms. The molecule has 3 N–H and O–H groups in total. The highest BCUT2D eigenvalue weighted by Crippen LogP contribution is 2.24. The molecule has 0 bridgehead atoms. The minimum Gasteiger partial charge on any atom is -0.469 e. The third-order valence-corrected chi connectivity index (χ3v) is 3.52. The Morgan fingerprint density at radius 2 is 2.15 bits per heavy atom. The molecular weight excluding hydrogens is 250 g/mol. The van der Waals surface area contributed by atoms with E-state index in [0.29, 0.717) is 0 Å². The summed E-state index contributed by atoms with van der Waals surface area (Å²) < 4.78 is 5.36. The second-order valence-corrected chi connectivity index (χ2v) is 4.90. The summed E-state index contributed by atoms with van der Waals surface area (Å²) in [5.41, 5.74) is 6.15. The lowest BCUT2D eigenvalue weighted by atomic mass is 9.98. The average molecular weight is 267 g/mol. The summed E-state index contributed by atoms with van der Waals surface area (Å²) in [6.45, 7) is 1.93. The van der Waals surface area contributed by atoms with Crippen molar-refractivity contribution in [1.82, 2.24) is 10.4 Å². The van der Waals surface area contributed by atoms with Crippen molar-refractivity contribution in [2.45, 2.75) is 19.4 Å². The van der Waals surface area contributed by atoms with Crippen molar-refractivity contribution >= 4 is 10.9 Å². The van der Waals surface area contributed by atoms with Crippen LogP contribution in [-0.2, 0) is 6.42 Å². The molecule has 1 atom stereocenters.